The third-order valence-corrected chi connectivity index (χ3v) is 1.88. The highest BCUT2D eigenvalue weighted by Gasteiger charge is 2.34. The molecule has 0 aliphatic carbocycles. The first-order valence-electron chi connectivity index (χ1n) is 4.71. The first-order valence-corrected chi connectivity index (χ1v) is 4.71. The molecule has 1 aliphatic rings. The number of hydrogen-bond acceptors (Lipinski definition) is 5. The number of carbonyl (C=O) groups is 3. The lowest BCUT2D eigenvalue weighted by Gasteiger charge is -2.03. The van der Waals surface area contributed by atoms with Crippen molar-refractivity contribution in [1.29, 1.82) is 0 Å². The van der Waals surface area contributed by atoms with E-state index < -0.39 is 23.8 Å². The molecule has 1 aliphatic heterocycles. The number of allylic oxidation sites excluding steroid dienone is 1. The van der Waals surface area contributed by atoms with Crippen LogP contribution < -0.4 is 0 Å². The minimum Gasteiger partial charge on any atom is -0.462 e. The van der Waals surface area contributed by atoms with Gasteiger partial charge in [-0.25, -0.2) is 4.79 Å². The molecule has 0 aromatic rings. The molecule has 0 spiro atoms. The lowest BCUT2D eigenvalue weighted by molar-refractivity contribution is -0.153. The predicted octanol–water partition coefficient (Wildman–Crippen LogP) is 0.585. The predicted molar refractivity (Wildman–Crippen MR) is 49.6 cm³/mol. The molecule has 1 rings (SSSR count). The molecule has 5 heteroatoms. The van der Waals surface area contributed by atoms with E-state index in [0.29, 0.717) is 0 Å². The quantitative estimate of drug-likeness (QED) is 0.387. The molecular formula is C10H12O5. The van der Waals surface area contributed by atoms with Gasteiger partial charge in [0.2, 0.25) is 0 Å². The van der Waals surface area contributed by atoms with E-state index in [-0.39, 0.29) is 13.0 Å². The molecule has 0 saturated carbocycles. The van der Waals surface area contributed by atoms with E-state index in [4.69, 9.17) is 4.74 Å². The Morgan fingerprint density at radius 3 is 2.87 bits per heavy atom. The summed E-state index contributed by atoms with van der Waals surface area (Å²) in [5.74, 6) is -2.34. The molecule has 1 atom stereocenters. The van der Waals surface area contributed by atoms with Crippen LogP contribution in [0.5, 0.6) is 0 Å². The first kappa shape index (κ1) is 11.4. The molecule has 0 aromatic carbocycles. The number of carbonyl (C=O) groups excluding carboxylic acids is 3. The minimum atomic E-state index is -0.642. The van der Waals surface area contributed by atoms with Crippen molar-refractivity contribution in [1.82, 2.24) is 0 Å². The summed E-state index contributed by atoms with van der Waals surface area (Å²) < 4.78 is 9.07. The van der Waals surface area contributed by atoms with Crippen molar-refractivity contribution in [3.8, 4) is 0 Å². The maximum absolute atomic E-state index is 11.0. The Kier molecular flexibility index (Phi) is 4.03. The Labute approximate surface area is 87.0 Å². The molecular weight excluding hydrogens is 200 g/mol. The van der Waals surface area contributed by atoms with Crippen LogP contribution >= 0.6 is 0 Å². The zero-order valence-corrected chi connectivity index (χ0v) is 8.39. The van der Waals surface area contributed by atoms with Gasteiger partial charge < -0.3 is 9.47 Å². The van der Waals surface area contributed by atoms with E-state index >= 15 is 0 Å². The number of rotatable bonds is 4. The van der Waals surface area contributed by atoms with Gasteiger partial charge in [0.25, 0.3) is 0 Å². The Balaban J connectivity index is 2.31. The van der Waals surface area contributed by atoms with Crippen LogP contribution in [0, 0.1) is 5.92 Å². The largest absolute Gasteiger partial charge is 0.462 e. The van der Waals surface area contributed by atoms with E-state index in [1.807, 2.05) is 6.92 Å². The third kappa shape index (κ3) is 3.53. The summed E-state index contributed by atoms with van der Waals surface area (Å²) in [7, 11) is 0. The second-order valence-corrected chi connectivity index (χ2v) is 3.13. The zero-order valence-electron chi connectivity index (χ0n) is 8.39. The lowest BCUT2D eigenvalue weighted by atomic mass is 10.1. The summed E-state index contributed by atoms with van der Waals surface area (Å²) in [4.78, 5) is 32.6. The highest BCUT2D eigenvalue weighted by molar-refractivity contribution is 5.94. The lowest BCUT2D eigenvalue weighted by Crippen LogP contribution is -2.16. The van der Waals surface area contributed by atoms with Crippen LogP contribution in [0.25, 0.3) is 0 Å². The standard InChI is InChI=1S/C10H12O5/c1-2-3-4-8(11)14-6-7-5-9(12)15-10(7)13/h3-4,7H,2,5-6H2,1H3/b4-3+. The van der Waals surface area contributed by atoms with Gasteiger partial charge >= 0.3 is 17.9 Å². The average molecular weight is 212 g/mol. The number of hydrogen-bond donors (Lipinski definition) is 0. The number of ether oxygens (including phenoxy) is 2. The first-order chi connectivity index (χ1) is 7.13. The Bertz CT molecular complexity index is 305. The smallest absolute Gasteiger partial charge is 0.330 e. The van der Waals surface area contributed by atoms with Crippen LogP contribution in [0.1, 0.15) is 19.8 Å². The second kappa shape index (κ2) is 5.29. The van der Waals surface area contributed by atoms with Crippen molar-refractivity contribution >= 4 is 17.9 Å². The highest BCUT2D eigenvalue weighted by atomic mass is 16.6. The summed E-state index contributed by atoms with van der Waals surface area (Å²) >= 11 is 0. The van der Waals surface area contributed by atoms with Crippen LogP contribution in [0.4, 0.5) is 0 Å². The van der Waals surface area contributed by atoms with Crippen molar-refractivity contribution in [3.63, 3.8) is 0 Å². The fourth-order valence-corrected chi connectivity index (χ4v) is 1.09. The number of esters is 3. The molecule has 1 unspecified atom stereocenters. The van der Waals surface area contributed by atoms with Crippen LogP contribution in [0.3, 0.4) is 0 Å². The molecule has 1 heterocycles. The topological polar surface area (TPSA) is 69.7 Å². The maximum atomic E-state index is 11.0. The molecule has 1 fully saturated rings. The van der Waals surface area contributed by atoms with Gasteiger partial charge in [0.15, 0.2) is 0 Å². The third-order valence-electron chi connectivity index (χ3n) is 1.88. The second-order valence-electron chi connectivity index (χ2n) is 3.13. The van der Waals surface area contributed by atoms with Gasteiger partial charge in [0, 0.05) is 6.08 Å². The van der Waals surface area contributed by atoms with E-state index in [2.05, 4.69) is 4.74 Å². The molecule has 0 radical (unpaired) electrons. The van der Waals surface area contributed by atoms with Crippen LogP contribution in [0.15, 0.2) is 12.2 Å². The summed E-state index contributed by atoms with van der Waals surface area (Å²) in [5, 5.41) is 0. The SMILES string of the molecule is CC/C=C/C(=O)OCC1CC(=O)OC1=O. The summed E-state index contributed by atoms with van der Waals surface area (Å²) in [6.45, 7) is 1.79. The molecule has 1 saturated heterocycles. The van der Waals surface area contributed by atoms with Gasteiger partial charge in [0.1, 0.15) is 12.5 Å². The van der Waals surface area contributed by atoms with Gasteiger partial charge in [-0.1, -0.05) is 13.0 Å². The molecule has 0 bridgehead atoms. The molecule has 15 heavy (non-hydrogen) atoms. The minimum absolute atomic E-state index is 0.0103. The van der Waals surface area contributed by atoms with Crippen molar-refractivity contribution in [2.45, 2.75) is 19.8 Å². The Morgan fingerprint density at radius 2 is 2.33 bits per heavy atom. The van der Waals surface area contributed by atoms with Crippen molar-refractivity contribution < 1.29 is 23.9 Å². The number of cyclic esters (lactones) is 2. The van der Waals surface area contributed by atoms with Gasteiger partial charge in [-0.05, 0) is 6.42 Å². The van der Waals surface area contributed by atoms with Gasteiger partial charge in [-0.2, -0.15) is 0 Å². The normalized spacial score (nSPS) is 20.7. The highest BCUT2D eigenvalue weighted by Crippen LogP contribution is 2.15. The zero-order chi connectivity index (χ0) is 11.3. The van der Waals surface area contributed by atoms with Crippen molar-refractivity contribution in [2.24, 2.45) is 5.92 Å². The molecule has 0 aromatic heterocycles. The van der Waals surface area contributed by atoms with Crippen LogP contribution in [-0.4, -0.2) is 24.5 Å². The fraction of sp³-hybridized carbons (Fsp3) is 0.500. The van der Waals surface area contributed by atoms with Crippen molar-refractivity contribution in [3.05, 3.63) is 12.2 Å². The molecule has 0 N–H and O–H groups in total. The average Bonchev–Trinajstić information content (AvgIpc) is 2.51. The van der Waals surface area contributed by atoms with Gasteiger partial charge in [0.05, 0.1) is 6.42 Å². The van der Waals surface area contributed by atoms with Crippen LogP contribution in [-0.2, 0) is 23.9 Å². The Hall–Kier alpha value is -1.65. The monoisotopic (exact) mass is 212 g/mol. The van der Waals surface area contributed by atoms with E-state index in [1.165, 1.54) is 6.08 Å². The van der Waals surface area contributed by atoms with Crippen LogP contribution in [0.2, 0.25) is 0 Å². The van der Waals surface area contributed by atoms with E-state index in [0.717, 1.165) is 6.42 Å². The summed E-state index contributed by atoms with van der Waals surface area (Å²) in [5.41, 5.74) is 0. The van der Waals surface area contributed by atoms with E-state index in [9.17, 15) is 14.4 Å². The molecule has 5 nitrogen and oxygen atoms in total. The summed E-state index contributed by atoms with van der Waals surface area (Å²) in [6, 6.07) is 0. The maximum Gasteiger partial charge on any atom is 0.330 e. The summed E-state index contributed by atoms with van der Waals surface area (Å²) in [6.07, 6.45) is 3.67. The van der Waals surface area contributed by atoms with Gasteiger partial charge in [-0.15, -0.1) is 0 Å². The molecule has 82 valence electrons. The fourth-order valence-electron chi connectivity index (χ4n) is 1.09. The van der Waals surface area contributed by atoms with Gasteiger partial charge in [-0.3, -0.25) is 9.59 Å². The molecule has 0 amide bonds. The van der Waals surface area contributed by atoms with Crippen molar-refractivity contribution in [2.75, 3.05) is 6.61 Å². The Morgan fingerprint density at radius 1 is 1.60 bits per heavy atom. The van der Waals surface area contributed by atoms with E-state index in [1.54, 1.807) is 6.08 Å².